The average Bonchev–Trinajstić information content (AvgIpc) is 2.56. The molecule has 0 radical (unpaired) electrons. The molecule has 0 aromatic heterocycles. The SMILES string of the molecule is CC(=O)OCC1S[C@@H](OC(=N)C(Cl)(Cl)Cl)C(OC(C)=O)[C@@H](OC(C)=O)[C@H]1OC(C)=O. The van der Waals surface area contributed by atoms with Gasteiger partial charge in [0, 0.05) is 27.7 Å². The van der Waals surface area contributed by atoms with Crippen LogP contribution in [0.15, 0.2) is 0 Å². The Hall–Kier alpha value is -1.43. The van der Waals surface area contributed by atoms with E-state index >= 15 is 0 Å². The van der Waals surface area contributed by atoms with E-state index in [2.05, 4.69) is 0 Å². The maximum atomic E-state index is 11.7. The van der Waals surface area contributed by atoms with Crippen molar-refractivity contribution in [2.24, 2.45) is 0 Å². The molecular formula is C16H20Cl3NO9S. The van der Waals surface area contributed by atoms with Crippen molar-refractivity contribution in [2.45, 2.75) is 60.5 Å². The zero-order valence-corrected chi connectivity index (χ0v) is 19.4. The van der Waals surface area contributed by atoms with Crippen LogP contribution in [0.5, 0.6) is 0 Å². The molecule has 1 fully saturated rings. The smallest absolute Gasteiger partial charge is 0.303 e. The van der Waals surface area contributed by atoms with Gasteiger partial charge < -0.3 is 23.7 Å². The van der Waals surface area contributed by atoms with E-state index in [1.165, 1.54) is 6.92 Å². The highest BCUT2D eigenvalue weighted by molar-refractivity contribution is 8.00. The molecule has 0 aromatic rings. The fourth-order valence-corrected chi connectivity index (χ4v) is 3.97. The van der Waals surface area contributed by atoms with Gasteiger partial charge in [0.25, 0.3) is 3.79 Å². The molecule has 2 unspecified atom stereocenters. The van der Waals surface area contributed by atoms with Crippen LogP contribution in [0.2, 0.25) is 0 Å². The van der Waals surface area contributed by atoms with Gasteiger partial charge in [0.1, 0.15) is 6.61 Å². The van der Waals surface area contributed by atoms with Crippen molar-refractivity contribution >= 4 is 76.3 Å². The molecule has 1 N–H and O–H groups in total. The van der Waals surface area contributed by atoms with Gasteiger partial charge in [0.05, 0.1) is 5.25 Å². The largest absolute Gasteiger partial charge is 0.465 e. The summed E-state index contributed by atoms with van der Waals surface area (Å²) in [5.41, 5.74) is -1.23. The third-order valence-electron chi connectivity index (χ3n) is 3.44. The van der Waals surface area contributed by atoms with Gasteiger partial charge in [-0.25, -0.2) is 0 Å². The van der Waals surface area contributed by atoms with Crippen molar-refractivity contribution in [3.63, 3.8) is 0 Å². The molecule has 30 heavy (non-hydrogen) atoms. The number of nitrogens with one attached hydrogen (secondary N) is 1. The summed E-state index contributed by atoms with van der Waals surface area (Å²) >= 11 is 17.8. The molecule has 1 rings (SSSR count). The summed E-state index contributed by atoms with van der Waals surface area (Å²) in [7, 11) is 0. The average molecular weight is 509 g/mol. The van der Waals surface area contributed by atoms with Crippen LogP contribution in [0, 0.1) is 5.41 Å². The van der Waals surface area contributed by atoms with Gasteiger partial charge in [-0.2, -0.15) is 0 Å². The first-order valence-electron chi connectivity index (χ1n) is 8.35. The Morgan fingerprint density at radius 3 is 1.70 bits per heavy atom. The van der Waals surface area contributed by atoms with Crippen molar-refractivity contribution in [1.82, 2.24) is 0 Å². The second-order valence-corrected chi connectivity index (χ2v) is 9.64. The summed E-state index contributed by atoms with van der Waals surface area (Å²) in [6.07, 6.45) is -3.88. The van der Waals surface area contributed by atoms with E-state index in [-0.39, 0.29) is 6.61 Å². The third-order valence-corrected chi connectivity index (χ3v) is 5.34. The fourth-order valence-electron chi connectivity index (χ4n) is 2.47. The van der Waals surface area contributed by atoms with Gasteiger partial charge in [-0.05, 0) is 0 Å². The minimum Gasteiger partial charge on any atom is -0.465 e. The minimum atomic E-state index is -2.23. The predicted molar refractivity (Wildman–Crippen MR) is 108 cm³/mol. The number of carbonyl (C=O) groups excluding carboxylic acids is 4. The van der Waals surface area contributed by atoms with E-state index in [1.807, 2.05) is 0 Å². The molecule has 5 atom stereocenters. The van der Waals surface area contributed by atoms with Gasteiger partial charge in [0.15, 0.2) is 23.7 Å². The molecule has 1 heterocycles. The Labute approximate surface area is 191 Å². The monoisotopic (exact) mass is 507 g/mol. The lowest BCUT2D eigenvalue weighted by atomic mass is 10.0. The lowest BCUT2D eigenvalue weighted by molar-refractivity contribution is -0.190. The molecule has 0 saturated carbocycles. The first-order chi connectivity index (χ1) is 13.7. The molecule has 0 bridgehead atoms. The summed E-state index contributed by atoms with van der Waals surface area (Å²) < 4.78 is 23.9. The number of carbonyl (C=O) groups is 4. The standard InChI is InChI=1S/C16H20Cl3NO9S/c1-6(21)25-5-10-11(26-7(2)22)12(27-8(3)23)13(28-9(4)24)14(30-10)29-15(20)16(17,18)19/h10-14,20H,5H2,1-4H3/t10?,11-,12-,13?,14+/m0/s1. The molecule has 0 spiro atoms. The Bertz CT molecular complexity index is 700. The van der Waals surface area contributed by atoms with E-state index in [1.54, 1.807) is 0 Å². The number of hydrogen-bond donors (Lipinski definition) is 1. The molecule has 1 aliphatic rings. The first-order valence-corrected chi connectivity index (χ1v) is 10.4. The van der Waals surface area contributed by atoms with E-state index in [0.717, 1.165) is 32.5 Å². The first kappa shape index (κ1) is 26.6. The van der Waals surface area contributed by atoms with Crippen molar-refractivity contribution in [1.29, 1.82) is 5.41 Å². The zero-order valence-electron chi connectivity index (χ0n) is 16.3. The Balaban J connectivity index is 3.37. The zero-order chi connectivity index (χ0) is 23.2. The van der Waals surface area contributed by atoms with Crippen LogP contribution < -0.4 is 0 Å². The van der Waals surface area contributed by atoms with Crippen molar-refractivity contribution in [2.75, 3.05) is 6.61 Å². The molecular weight excluding hydrogens is 489 g/mol. The third kappa shape index (κ3) is 8.37. The van der Waals surface area contributed by atoms with Crippen molar-refractivity contribution in [3.05, 3.63) is 0 Å². The minimum absolute atomic E-state index is 0.274. The van der Waals surface area contributed by atoms with Gasteiger partial charge in [0.2, 0.25) is 5.90 Å². The summed E-state index contributed by atoms with van der Waals surface area (Å²) in [5.74, 6) is -3.68. The van der Waals surface area contributed by atoms with Gasteiger partial charge in [-0.1, -0.05) is 34.8 Å². The van der Waals surface area contributed by atoms with Crippen LogP contribution in [0.25, 0.3) is 0 Å². The van der Waals surface area contributed by atoms with Gasteiger partial charge in [-0.15, -0.1) is 11.8 Å². The second-order valence-electron chi connectivity index (χ2n) is 6.01. The molecule has 0 amide bonds. The normalized spacial score (nSPS) is 26.2. The van der Waals surface area contributed by atoms with E-state index in [0.29, 0.717) is 0 Å². The number of hydrogen-bond acceptors (Lipinski definition) is 11. The Morgan fingerprint density at radius 1 is 0.800 bits per heavy atom. The number of alkyl halides is 3. The number of ether oxygens (including phenoxy) is 5. The number of halogens is 3. The van der Waals surface area contributed by atoms with Crippen LogP contribution in [-0.4, -0.2) is 69.2 Å². The summed E-state index contributed by atoms with van der Waals surface area (Å²) in [6.45, 7) is 4.21. The van der Waals surface area contributed by atoms with Crippen molar-refractivity contribution in [3.8, 4) is 0 Å². The second kappa shape index (κ2) is 11.3. The quantitative estimate of drug-likeness (QED) is 0.187. The number of rotatable bonds is 6. The van der Waals surface area contributed by atoms with E-state index in [4.69, 9.17) is 63.9 Å². The van der Waals surface area contributed by atoms with Crippen LogP contribution in [0.1, 0.15) is 27.7 Å². The molecule has 14 heteroatoms. The fraction of sp³-hybridized carbons (Fsp3) is 0.688. The van der Waals surface area contributed by atoms with E-state index < -0.39 is 62.6 Å². The molecule has 170 valence electrons. The predicted octanol–water partition coefficient (Wildman–Crippen LogP) is 2.15. The van der Waals surface area contributed by atoms with Crippen LogP contribution >= 0.6 is 46.6 Å². The van der Waals surface area contributed by atoms with E-state index in [9.17, 15) is 19.2 Å². The van der Waals surface area contributed by atoms with Crippen molar-refractivity contribution < 1.29 is 42.9 Å². The van der Waals surface area contributed by atoms with Crippen LogP contribution in [0.3, 0.4) is 0 Å². The summed E-state index contributed by atoms with van der Waals surface area (Å²) in [4.78, 5) is 46.3. The Morgan fingerprint density at radius 2 is 1.27 bits per heavy atom. The highest BCUT2D eigenvalue weighted by atomic mass is 35.6. The van der Waals surface area contributed by atoms with Gasteiger partial charge in [-0.3, -0.25) is 24.6 Å². The topological polar surface area (TPSA) is 138 Å². The highest BCUT2D eigenvalue weighted by Gasteiger charge is 2.53. The lowest BCUT2D eigenvalue weighted by Gasteiger charge is -2.43. The maximum absolute atomic E-state index is 11.7. The molecule has 10 nitrogen and oxygen atoms in total. The Kier molecular flexibility index (Phi) is 9.99. The van der Waals surface area contributed by atoms with Crippen LogP contribution in [0.4, 0.5) is 0 Å². The summed E-state index contributed by atoms with van der Waals surface area (Å²) in [6, 6.07) is 0. The summed E-state index contributed by atoms with van der Waals surface area (Å²) in [5, 5.41) is 6.97. The molecule has 1 aliphatic heterocycles. The maximum Gasteiger partial charge on any atom is 0.303 e. The molecule has 0 aliphatic carbocycles. The van der Waals surface area contributed by atoms with Crippen LogP contribution in [-0.2, 0) is 42.9 Å². The molecule has 1 saturated heterocycles. The van der Waals surface area contributed by atoms with Gasteiger partial charge >= 0.3 is 23.9 Å². The lowest BCUT2D eigenvalue weighted by Crippen LogP contribution is -2.59. The number of thioether (sulfide) groups is 1. The molecule has 0 aromatic carbocycles. The highest BCUT2D eigenvalue weighted by Crippen LogP contribution is 2.40. The number of esters is 4.